The van der Waals surface area contributed by atoms with E-state index in [2.05, 4.69) is 12.2 Å². The normalized spacial score (nSPS) is 17.6. The molecule has 1 aromatic carbocycles. The van der Waals surface area contributed by atoms with Crippen molar-refractivity contribution in [3.8, 4) is 5.75 Å². The lowest BCUT2D eigenvalue weighted by molar-refractivity contribution is -0.137. The van der Waals surface area contributed by atoms with E-state index in [1.165, 1.54) is 44.6 Å². The number of benzene rings is 1. The third-order valence-corrected chi connectivity index (χ3v) is 4.02. The third kappa shape index (κ3) is 5.74. The molecule has 0 amide bonds. The van der Waals surface area contributed by atoms with Crippen LogP contribution in [0.25, 0.3) is 0 Å². The van der Waals surface area contributed by atoms with E-state index in [0.717, 1.165) is 18.6 Å². The molecule has 4 heteroatoms. The molecule has 1 aliphatic carbocycles. The van der Waals surface area contributed by atoms with Gasteiger partial charge >= 0.3 is 6.18 Å². The molecule has 1 aromatic rings. The zero-order valence-electron chi connectivity index (χ0n) is 12.7. The molecule has 22 heavy (non-hydrogen) atoms. The number of hydrogen-bond acceptors (Lipinski definition) is 1. The van der Waals surface area contributed by atoms with E-state index in [9.17, 15) is 13.2 Å². The van der Waals surface area contributed by atoms with Gasteiger partial charge < -0.3 is 4.74 Å². The van der Waals surface area contributed by atoms with Crippen molar-refractivity contribution in [3.05, 3.63) is 42.0 Å². The Bertz CT molecular complexity index is 471. The molecule has 0 aromatic heterocycles. The molecular formula is C18H23F3O. The van der Waals surface area contributed by atoms with E-state index in [0.29, 0.717) is 12.5 Å². The molecule has 1 aliphatic rings. The van der Waals surface area contributed by atoms with Gasteiger partial charge in [0.05, 0.1) is 12.2 Å². The van der Waals surface area contributed by atoms with Crippen LogP contribution in [-0.4, -0.2) is 6.61 Å². The fourth-order valence-electron chi connectivity index (χ4n) is 2.80. The first-order chi connectivity index (χ1) is 10.6. The van der Waals surface area contributed by atoms with E-state index in [1.54, 1.807) is 6.07 Å². The molecule has 1 saturated carbocycles. The van der Waals surface area contributed by atoms with Gasteiger partial charge in [0.25, 0.3) is 0 Å². The summed E-state index contributed by atoms with van der Waals surface area (Å²) < 4.78 is 43.2. The molecule has 0 N–H and O–H groups in total. The van der Waals surface area contributed by atoms with E-state index in [4.69, 9.17) is 4.74 Å². The smallest absolute Gasteiger partial charge is 0.416 e. The summed E-state index contributed by atoms with van der Waals surface area (Å²) in [5.41, 5.74) is -0.668. The zero-order chi connectivity index (χ0) is 15.8. The highest BCUT2D eigenvalue weighted by molar-refractivity contribution is 5.30. The number of ether oxygens (including phenoxy) is 1. The second-order valence-electron chi connectivity index (χ2n) is 5.84. The van der Waals surface area contributed by atoms with Crippen molar-refractivity contribution in [1.82, 2.24) is 0 Å². The van der Waals surface area contributed by atoms with Gasteiger partial charge in [-0.25, -0.2) is 0 Å². The average Bonchev–Trinajstić information content (AvgIpc) is 2.75. The number of allylic oxidation sites excluding steroid dienone is 1. The van der Waals surface area contributed by atoms with Crippen molar-refractivity contribution in [2.75, 3.05) is 6.61 Å². The quantitative estimate of drug-likeness (QED) is 0.368. The van der Waals surface area contributed by atoms with Gasteiger partial charge in [-0.05, 0) is 43.4 Å². The standard InChI is InChI=1S/C18H23F3O/c19-18(20,21)16-11-7-12-17(14-16)22-13-6-5-10-15-8-3-1-2-4-9-15/h5,7,10-12,14-15H,1-4,6,8-9,13H2/b10-5+. The molecule has 0 atom stereocenters. The Labute approximate surface area is 130 Å². The minimum Gasteiger partial charge on any atom is -0.493 e. The lowest BCUT2D eigenvalue weighted by atomic mass is 10.00. The highest BCUT2D eigenvalue weighted by atomic mass is 19.4. The second-order valence-corrected chi connectivity index (χ2v) is 5.84. The van der Waals surface area contributed by atoms with Crippen molar-refractivity contribution < 1.29 is 17.9 Å². The largest absolute Gasteiger partial charge is 0.493 e. The maximum Gasteiger partial charge on any atom is 0.416 e. The maximum absolute atomic E-state index is 12.6. The fraction of sp³-hybridized carbons (Fsp3) is 0.556. The van der Waals surface area contributed by atoms with Crippen molar-refractivity contribution in [1.29, 1.82) is 0 Å². The Kier molecular flexibility index (Phi) is 6.34. The first kappa shape index (κ1) is 16.9. The Hall–Kier alpha value is -1.45. The van der Waals surface area contributed by atoms with Crippen molar-refractivity contribution >= 4 is 0 Å². The first-order valence-corrected chi connectivity index (χ1v) is 8.02. The Balaban J connectivity index is 1.74. The molecule has 0 saturated heterocycles. The molecule has 0 radical (unpaired) electrons. The summed E-state index contributed by atoms with van der Waals surface area (Å²) in [6.07, 6.45) is 8.55. The molecular weight excluding hydrogens is 289 g/mol. The Morgan fingerprint density at radius 3 is 2.50 bits per heavy atom. The number of alkyl halides is 3. The van der Waals surface area contributed by atoms with Gasteiger partial charge in [0.15, 0.2) is 0 Å². The summed E-state index contributed by atoms with van der Waals surface area (Å²) in [5.74, 6) is 0.939. The number of hydrogen-bond donors (Lipinski definition) is 0. The van der Waals surface area contributed by atoms with Gasteiger partial charge in [-0.2, -0.15) is 13.2 Å². The Morgan fingerprint density at radius 1 is 1.09 bits per heavy atom. The summed E-state index contributed by atoms with van der Waals surface area (Å²) in [7, 11) is 0. The predicted octanol–water partition coefficient (Wildman–Crippen LogP) is 6.00. The zero-order valence-corrected chi connectivity index (χ0v) is 12.7. The minimum absolute atomic E-state index is 0.276. The van der Waals surface area contributed by atoms with Crippen molar-refractivity contribution in [3.63, 3.8) is 0 Å². The second kappa shape index (κ2) is 8.25. The van der Waals surface area contributed by atoms with E-state index in [1.807, 2.05) is 0 Å². The monoisotopic (exact) mass is 312 g/mol. The van der Waals surface area contributed by atoms with Gasteiger partial charge in [0.1, 0.15) is 5.75 Å². The Morgan fingerprint density at radius 2 is 1.82 bits per heavy atom. The fourth-order valence-corrected chi connectivity index (χ4v) is 2.80. The SMILES string of the molecule is FC(F)(F)c1cccc(OCC/C=C/C2CCCCCC2)c1. The average molecular weight is 312 g/mol. The summed E-state index contributed by atoms with van der Waals surface area (Å²) in [5, 5.41) is 0. The van der Waals surface area contributed by atoms with Crippen LogP contribution in [0.4, 0.5) is 13.2 Å². The summed E-state index contributed by atoms with van der Waals surface area (Å²) in [4.78, 5) is 0. The molecule has 0 spiro atoms. The number of halogens is 3. The summed E-state index contributed by atoms with van der Waals surface area (Å²) in [6, 6.07) is 5.04. The topological polar surface area (TPSA) is 9.23 Å². The third-order valence-electron chi connectivity index (χ3n) is 4.02. The van der Waals surface area contributed by atoms with Crippen LogP contribution in [0.5, 0.6) is 5.75 Å². The number of rotatable bonds is 5. The van der Waals surface area contributed by atoms with Gasteiger partial charge in [-0.3, -0.25) is 0 Å². The van der Waals surface area contributed by atoms with Crippen molar-refractivity contribution in [2.24, 2.45) is 5.92 Å². The van der Waals surface area contributed by atoms with E-state index in [-0.39, 0.29) is 5.75 Å². The molecule has 122 valence electrons. The van der Waals surface area contributed by atoms with Crippen LogP contribution < -0.4 is 4.74 Å². The van der Waals surface area contributed by atoms with Crippen molar-refractivity contribution in [2.45, 2.75) is 51.1 Å². The van der Waals surface area contributed by atoms with Crippen LogP contribution in [-0.2, 0) is 6.18 Å². The summed E-state index contributed by atoms with van der Waals surface area (Å²) >= 11 is 0. The van der Waals surface area contributed by atoms with Crippen LogP contribution in [0.15, 0.2) is 36.4 Å². The van der Waals surface area contributed by atoms with Crippen LogP contribution in [0.2, 0.25) is 0 Å². The van der Waals surface area contributed by atoms with E-state index >= 15 is 0 Å². The molecule has 1 fully saturated rings. The van der Waals surface area contributed by atoms with Crippen LogP contribution in [0, 0.1) is 5.92 Å². The molecule has 0 unspecified atom stereocenters. The van der Waals surface area contributed by atoms with Gasteiger partial charge in [-0.15, -0.1) is 0 Å². The summed E-state index contributed by atoms with van der Waals surface area (Å²) in [6.45, 7) is 0.407. The van der Waals surface area contributed by atoms with E-state index < -0.39 is 11.7 Å². The molecule has 1 nitrogen and oxygen atoms in total. The lowest BCUT2D eigenvalue weighted by Gasteiger charge is -2.10. The first-order valence-electron chi connectivity index (χ1n) is 8.02. The minimum atomic E-state index is -4.32. The van der Waals surface area contributed by atoms with Crippen LogP contribution in [0.3, 0.4) is 0 Å². The van der Waals surface area contributed by atoms with Crippen LogP contribution in [0.1, 0.15) is 50.5 Å². The molecule has 2 rings (SSSR count). The highest BCUT2D eigenvalue weighted by Crippen LogP contribution is 2.31. The molecule has 0 heterocycles. The van der Waals surface area contributed by atoms with Gasteiger partial charge in [-0.1, -0.05) is 43.9 Å². The molecule has 0 aliphatic heterocycles. The van der Waals surface area contributed by atoms with Gasteiger partial charge in [0.2, 0.25) is 0 Å². The molecule has 0 bridgehead atoms. The van der Waals surface area contributed by atoms with Gasteiger partial charge in [0, 0.05) is 0 Å². The lowest BCUT2D eigenvalue weighted by Crippen LogP contribution is -2.05. The highest BCUT2D eigenvalue weighted by Gasteiger charge is 2.30. The van der Waals surface area contributed by atoms with Crippen LogP contribution >= 0.6 is 0 Å². The predicted molar refractivity (Wildman–Crippen MR) is 81.9 cm³/mol. The maximum atomic E-state index is 12.6.